The molecule has 23 heavy (non-hydrogen) atoms. The van der Waals surface area contributed by atoms with Gasteiger partial charge in [-0.15, -0.1) is 0 Å². The minimum atomic E-state index is -3.65. The third kappa shape index (κ3) is 3.35. The molecule has 0 aromatic heterocycles. The smallest absolute Gasteiger partial charge is 0.240 e. The van der Waals surface area contributed by atoms with E-state index >= 15 is 0 Å². The summed E-state index contributed by atoms with van der Waals surface area (Å²) in [6, 6.07) is 3.99. The SMILES string of the molecule is CNS(=O)(=O)c1ccc(N2CCOC3(CCCOC3)C2)c(F)c1. The maximum atomic E-state index is 14.5. The summed E-state index contributed by atoms with van der Waals surface area (Å²) >= 11 is 0. The van der Waals surface area contributed by atoms with E-state index in [1.807, 2.05) is 4.90 Å². The van der Waals surface area contributed by atoms with Gasteiger partial charge in [0.1, 0.15) is 11.4 Å². The Morgan fingerprint density at radius 2 is 2.17 bits per heavy atom. The first-order chi connectivity index (χ1) is 11.0. The summed E-state index contributed by atoms with van der Waals surface area (Å²) < 4.78 is 51.6. The Balaban J connectivity index is 1.84. The predicted octanol–water partition coefficient (Wildman–Crippen LogP) is 1.12. The first-order valence-electron chi connectivity index (χ1n) is 7.66. The molecule has 2 heterocycles. The Morgan fingerprint density at radius 1 is 1.35 bits per heavy atom. The van der Waals surface area contributed by atoms with Gasteiger partial charge in [0.25, 0.3) is 0 Å². The van der Waals surface area contributed by atoms with Crippen molar-refractivity contribution in [2.45, 2.75) is 23.3 Å². The lowest BCUT2D eigenvalue weighted by Crippen LogP contribution is -2.56. The number of ether oxygens (including phenoxy) is 2. The Labute approximate surface area is 135 Å². The average molecular weight is 344 g/mol. The minimum absolute atomic E-state index is 0.0785. The van der Waals surface area contributed by atoms with Crippen LogP contribution in [0.15, 0.2) is 23.1 Å². The molecule has 0 saturated carbocycles. The number of rotatable bonds is 3. The molecule has 8 heteroatoms. The van der Waals surface area contributed by atoms with Gasteiger partial charge in [-0.05, 0) is 38.1 Å². The van der Waals surface area contributed by atoms with Crippen LogP contribution in [0.5, 0.6) is 0 Å². The monoisotopic (exact) mass is 344 g/mol. The molecule has 1 aromatic carbocycles. The van der Waals surface area contributed by atoms with Gasteiger partial charge in [0, 0.05) is 19.7 Å². The van der Waals surface area contributed by atoms with Crippen molar-refractivity contribution in [3.8, 4) is 0 Å². The van der Waals surface area contributed by atoms with Gasteiger partial charge in [0.2, 0.25) is 10.0 Å². The number of nitrogens with one attached hydrogen (secondary N) is 1. The Morgan fingerprint density at radius 3 is 2.83 bits per heavy atom. The number of sulfonamides is 1. The van der Waals surface area contributed by atoms with Gasteiger partial charge in [0.15, 0.2) is 0 Å². The second-order valence-corrected chi connectivity index (χ2v) is 7.82. The molecule has 2 aliphatic rings. The van der Waals surface area contributed by atoms with Crippen LogP contribution in [0.3, 0.4) is 0 Å². The quantitative estimate of drug-likeness (QED) is 0.890. The lowest BCUT2D eigenvalue weighted by molar-refractivity contribution is -0.133. The highest BCUT2D eigenvalue weighted by Gasteiger charge is 2.39. The average Bonchev–Trinajstić information content (AvgIpc) is 2.55. The van der Waals surface area contributed by atoms with Crippen LogP contribution in [0.2, 0.25) is 0 Å². The van der Waals surface area contributed by atoms with E-state index in [9.17, 15) is 12.8 Å². The summed E-state index contributed by atoms with van der Waals surface area (Å²) in [7, 11) is -2.35. The fourth-order valence-electron chi connectivity index (χ4n) is 3.14. The molecule has 2 aliphatic heterocycles. The second kappa shape index (κ2) is 6.35. The first kappa shape index (κ1) is 16.6. The van der Waals surface area contributed by atoms with Crippen LogP contribution in [0, 0.1) is 5.82 Å². The van der Waals surface area contributed by atoms with E-state index in [2.05, 4.69) is 4.72 Å². The van der Waals surface area contributed by atoms with Crippen LogP contribution in [-0.2, 0) is 19.5 Å². The van der Waals surface area contributed by atoms with Crippen LogP contribution < -0.4 is 9.62 Å². The highest BCUT2D eigenvalue weighted by Crippen LogP contribution is 2.31. The van der Waals surface area contributed by atoms with Crippen LogP contribution in [-0.4, -0.2) is 54.0 Å². The zero-order chi connectivity index (χ0) is 16.5. The minimum Gasteiger partial charge on any atom is -0.378 e. The summed E-state index contributed by atoms with van der Waals surface area (Å²) in [5, 5.41) is 0. The largest absolute Gasteiger partial charge is 0.378 e. The highest BCUT2D eigenvalue weighted by molar-refractivity contribution is 7.89. The molecule has 2 saturated heterocycles. The van der Waals surface area contributed by atoms with Gasteiger partial charge in [-0.3, -0.25) is 0 Å². The molecule has 1 unspecified atom stereocenters. The van der Waals surface area contributed by atoms with Gasteiger partial charge in [-0.1, -0.05) is 0 Å². The molecule has 0 aliphatic carbocycles. The van der Waals surface area contributed by atoms with E-state index in [-0.39, 0.29) is 4.90 Å². The van der Waals surface area contributed by atoms with Crippen molar-refractivity contribution in [1.29, 1.82) is 0 Å². The molecule has 128 valence electrons. The van der Waals surface area contributed by atoms with E-state index in [0.29, 0.717) is 32.0 Å². The Kier molecular flexibility index (Phi) is 4.59. The zero-order valence-electron chi connectivity index (χ0n) is 13.0. The molecular formula is C15H21FN2O4S. The summed E-state index contributed by atoms with van der Waals surface area (Å²) in [4.78, 5) is 1.83. The number of hydrogen-bond acceptors (Lipinski definition) is 5. The standard InChI is InChI=1S/C15H21FN2O4S/c1-17-23(19,20)12-3-4-14(13(16)9-12)18-6-8-22-15(10-18)5-2-7-21-11-15/h3-4,9,17H,2,5-8,10-11H2,1H3. The van der Waals surface area contributed by atoms with Gasteiger partial charge in [0.05, 0.1) is 23.8 Å². The number of benzene rings is 1. The summed E-state index contributed by atoms with van der Waals surface area (Å²) in [6.45, 7) is 2.85. The van der Waals surface area contributed by atoms with Crippen LogP contribution in [0.1, 0.15) is 12.8 Å². The maximum Gasteiger partial charge on any atom is 0.240 e. The maximum absolute atomic E-state index is 14.5. The topological polar surface area (TPSA) is 67.9 Å². The fraction of sp³-hybridized carbons (Fsp3) is 0.600. The van der Waals surface area contributed by atoms with Crippen LogP contribution in [0.4, 0.5) is 10.1 Å². The van der Waals surface area contributed by atoms with Crippen molar-refractivity contribution in [2.75, 3.05) is 44.9 Å². The van der Waals surface area contributed by atoms with Gasteiger partial charge >= 0.3 is 0 Å². The number of anilines is 1. The summed E-state index contributed by atoms with van der Waals surface area (Å²) in [5.74, 6) is -0.546. The predicted molar refractivity (Wildman–Crippen MR) is 83.6 cm³/mol. The van der Waals surface area contributed by atoms with Gasteiger partial charge in [-0.2, -0.15) is 0 Å². The van der Waals surface area contributed by atoms with Crippen molar-refractivity contribution in [3.63, 3.8) is 0 Å². The van der Waals surface area contributed by atoms with Crippen molar-refractivity contribution in [1.82, 2.24) is 4.72 Å². The van der Waals surface area contributed by atoms with E-state index in [1.54, 1.807) is 0 Å². The number of morpholine rings is 1. The molecular weight excluding hydrogens is 323 g/mol. The number of halogens is 1. The zero-order valence-corrected chi connectivity index (χ0v) is 13.9. The molecule has 1 aromatic rings. The lowest BCUT2D eigenvalue weighted by atomic mass is 9.94. The molecule has 0 amide bonds. The molecule has 1 N–H and O–H groups in total. The first-order valence-corrected chi connectivity index (χ1v) is 9.14. The van der Waals surface area contributed by atoms with E-state index in [1.165, 1.54) is 19.2 Å². The van der Waals surface area contributed by atoms with Crippen LogP contribution >= 0.6 is 0 Å². The summed E-state index contributed by atoms with van der Waals surface area (Å²) in [6.07, 6.45) is 1.81. The van der Waals surface area contributed by atoms with Crippen molar-refractivity contribution in [2.24, 2.45) is 0 Å². The normalized spacial score (nSPS) is 25.7. The van der Waals surface area contributed by atoms with Gasteiger partial charge in [-0.25, -0.2) is 17.5 Å². The number of hydrogen-bond donors (Lipinski definition) is 1. The molecule has 0 radical (unpaired) electrons. The van der Waals surface area contributed by atoms with E-state index in [0.717, 1.165) is 25.5 Å². The molecule has 3 rings (SSSR count). The fourth-order valence-corrected chi connectivity index (χ4v) is 3.89. The van der Waals surface area contributed by atoms with E-state index in [4.69, 9.17) is 9.47 Å². The Bertz CT molecular complexity index is 669. The third-order valence-corrected chi connectivity index (χ3v) is 5.79. The van der Waals surface area contributed by atoms with Crippen molar-refractivity contribution < 1.29 is 22.3 Å². The third-order valence-electron chi connectivity index (χ3n) is 4.37. The van der Waals surface area contributed by atoms with Gasteiger partial charge < -0.3 is 14.4 Å². The molecule has 1 atom stereocenters. The van der Waals surface area contributed by atoms with Crippen molar-refractivity contribution >= 4 is 15.7 Å². The second-order valence-electron chi connectivity index (χ2n) is 5.93. The van der Waals surface area contributed by atoms with Crippen molar-refractivity contribution in [3.05, 3.63) is 24.0 Å². The Hall–Kier alpha value is -1.22. The molecule has 1 spiro atoms. The number of nitrogens with zero attached hydrogens (tertiary/aromatic N) is 1. The summed E-state index contributed by atoms with van der Waals surface area (Å²) in [5.41, 5.74) is 0.00636. The molecule has 0 bridgehead atoms. The van der Waals surface area contributed by atoms with E-state index < -0.39 is 21.4 Å². The highest BCUT2D eigenvalue weighted by atomic mass is 32.2. The molecule has 2 fully saturated rings. The van der Waals surface area contributed by atoms with Crippen LogP contribution in [0.25, 0.3) is 0 Å². The molecule has 6 nitrogen and oxygen atoms in total. The lowest BCUT2D eigenvalue weighted by Gasteiger charge is -2.45.